The Bertz CT molecular complexity index is 1590. The minimum absolute atomic E-state index is 0.174. The number of carbonyl (C=O) groups is 1. The van der Waals surface area contributed by atoms with Gasteiger partial charge in [-0.25, -0.2) is 4.39 Å². The van der Waals surface area contributed by atoms with Crippen LogP contribution in [0.2, 0.25) is 5.02 Å². The van der Waals surface area contributed by atoms with Gasteiger partial charge in [-0.2, -0.15) is 15.2 Å². The topological polar surface area (TPSA) is 88.8 Å². The first-order valence-corrected chi connectivity index (χ1v) is 15.6. The zero-order valence-corrected chi connectivity index (χ0v) is 25.7. The highest BCUT2D eigenvalue weighted by atomic mass is 35.5. The summed E-state index contributed by atoms with van der Waals surface area (Å²) in [5, 5.41) is 12.4. The lowest BCUT2D eigenvalue weighted by Gasteiger charge is -2.42. The van der Waals surface area contributed by atoms with Gasteiger partial charge in [0.25, 0.3) is 0 Å². The lowest BCUT2D eigenvalue weighted by atomic mass is 10.0. The summed E-state index contributed by atoms with van der Waals surface area (Å²) in [6.07, 6.45) is 4.44. The lowest BCUT2D eigenvalue weighted by molar-refractivity contribution is -0.128. The van der Waals surface area contributed by atoms with Crippen LogP contribution in [0.4, 0.5) is 15.9 Å². The molecule has 1 aromatic heterocycles. The van der Waals surface area contributed by atoms with Crippen LogP contribution in [0.1, 0.15) is 24.1 Å². The number of rotatable bonds is 8. The van der Waals surface area contributed by atoms with Crippen LogP contribution >= 0.6 is 11.6 Å². The Kier molecular flexibility index (Phi) is 9.14. The Morgan fingerprint density at radius 3 is 2.75 bits per heavy atom. The van der Waals surface area contributed by atoms with E-state index in [1.165, 1.54) is 12.2 Å². The molecule has 3 aromatic rings. The molecule has 4 heterocycles. The van der Waals surface area contributed by atoms with Crippen molar-refractivity contribution in [3.8, 4) is 12.1 Å². The van der Waals surface area contributed by atoms with Crippen LogP contribution in [0, 0.1) is 17.2 Å². The molecule has 0 aliphatic carbocycles. The summed E-state index contributed by atoms with van der Waals surface area (Å²) >= 11 is 6.69. The molecule has 1 unspecified atom stereocenters. The second-order valence-corrected chi connectivity index (χ2v) is 12.2. The summed E-state index contributed by atoms with van der Waals surface area (Å²) in [6, 6.07) is 14.4. The molecule has 1 amide bonds. The van der Waals surface area contributed by atoms with E-state index in [1.807, 2.05) is 12.1 Å². The summed E-state index contributed by atoms with van der Waals surface area (Å²) in [4.78, 5) is 31.1. The van der Waals surface area contributed by atoms with Crippen LogP contribution in [0.3, 0.4) is 0 Å². The molecule has 2 atom stereocenters. The maximum Gasteiger partial charge on any atom is 0.318 e. The highest BCUT2D eigenvalue weighted by Gasteiger charge is 2.34. The number of halogens is 2. The van der Waals surface area contributed by atoms with Crippen molar-refractivity contribution < 1.29 is 13.9 Å². The van der Waals surface area contributed by atoms with Gasteiger partial charge in [0.1, 0.15) is 12.5 Å². The maximum atomic E-state index is 12.8. The van der Waals surface area contributed by atoms with Crippen molar-refractivity contribution >= 4 is 39.8 Å². The number of allylic oxidation sites excluding steroid dienone is 1. The number of anilines is 2. The molecule has 11 heteroatoms. The van der Waals surface area contributed by atoms with E-state index in [0.717, 1.165) is 71.0 Å². The fourth-order valence-electron chi connectivity index (χ4n) is 6.67. The molecule has 6 rings (SSSR count). The number of carbonyl (C=O) groups excluding carboxylic acids is 1. The lowest BCUT2D eigenvalue weighted by Crippen LogP contribution is -2.55. The summed E-state index contributed by atoms with van der Waals surface area (Å²) in [5.74, 6) is 0.949. The minimum atomic E-state index is -0.705. The Balaban J connectivity index is 1.32. The first-order valence-electron chi connectivity index (χ1n) is 15.2. The number of ether oxygens (including phenoxy) is 1. The first kappa shape index (κ1) is 30.1. The highest BCUT2D eigenvalue weighted by Crippen LogP contribution is 2.37. The molecule has 0 spiro atoms. The predicted octanol–water partition coefficient (Wildman–Crippen LogP) is 4.63. The zero-order chi connectivity index (χ0) is 30.6. The molecule has 0 N–H and O–H groups in total. The van der Waals surface area contributed by atoms with Gasteiger partial charge in [0.2, 0.25) is 5.91 Å². The third-order valence-electron chi connectivity index (χ3n) is 8.87. The van der Waals surface area contributed by atoms with Gasteiger partial charge in [0.05, 0.1) is 42.4 Å². The average Bonchev–Trinajstić information content (AvgIpc) is 3.46. The Morgan fingerprint density at radius 1 is 1.14 bits per heavy atom. The van der Waals surface area contributed by atoms with Gasteiger partial charge in [-0.1, -0.05) is 35.9 Å². The minimum Gasteiger partial charge on any atom is -0.463 e. The van der Waals surface area contributed by atoms with Crippen molar-refractivity contribution in [1.82, 2.24) is 19.8 Å². The van der Waals surface area contributed by atoms with Crippen LogP contribution in [0.5, 0.6) is 6.01 Å². The SMILES string of the molecule is CN1CCC(COc2nc3c(c(N4CCN(C(=O)/C=C/CF)[C@@H](CC#N)C4)n2)CCN(c2cccc4cccc(Cl)c24)C3)C1. The van der Waals surface area contributed by atoms with E-state index in [-0.39, 0.29) is 18.4 Å². The van der Waals surface area contributed by atoms with Crippen molar-refractivity contribution in [2.45, 2.75) is 31.8 Å². The fraction of sp³-hybridized carbons (Fsp3) is 0.455. The molecule has 3 aliphatic heterocycles. The van der Waals surface area contributed by atoms with Gasteiger partial charge in [-0.3, -0.25) is 4.79 Å². The molecule has 2 saturated heterocycles. The second kappa shape index (κ2) is 13.4. The number of nitriles is 1. The van der Waals surface area contributed by atoms with Crippen LogP contribution in [0.25, 0.3) is 10.8 Å². The number of piperazine rings is 1. The van der Waals surface area contributed by atoms with Crippen molar-refractivity contribution in [3.05, 3.63) is 64.8 Å². The Morgan fingerprint density at radius 2 is 1.98 bits per heavy atom. The number of benzene rings is 2. The number of likely N-dealkylation sites (tertiary alicyclic amines) is 1. The van der Waals surface area contributed by atoms with E-state index < -0.39 is 6.67 Å². The number of hydrogen-bond donors (Lipinski definition) is 0. The molecule has 2 fully saturated rings. The number of nitrogens with zero attached hydrogens (tertiary/aromatic N) is 7. The number of amides is 1. The van der Waals surface area contributed by atoms with Gasteiger partial charge < -0.3 is 24.3 Å². The molecule has 9 nitrogen and oxygen atoms in total. The van der Waals surface area contributed by atoms with Gasteiger partial charge in [-0.15, -0.1) is 0 Å². The van der Waals surface area contributed by atoms with E-state index in [2.05, 4.69) is 52.1 Å². The van der Waals surface area contributed by atoms with Crippen LogP contribution < -0.4 is 14.5 Å². The fourth-order valence-corrected chi connectivity index (χ4v) is 6.95. The van der Waals surface area contributed by atoms with Crippen LogP contribution in [0.15, 0.2) is 48.6 Å². The van der Waals surface area contributed by atoms with Gasteiger partial charge in [-0.05, 0) is 50.0 Å². The van der Waals surface area contributed by atoms with Crippen molar-refractivity contribution in [1.29, 1.82) is 5.26 Å². The number of alkyl halides is 1. The van der Waals surface area contributed by atoms with Crippen molar-refractivity contribution in [2.75, 3.05) is 69.4 Å². The van der Waals surface area contributed by atoms with Crippen molar-refractivity contribution in [2.24, 2.45) is 5.92 Å². The van der Waals surface area contributed by atoms with Crippen molar-refractivity contribution in [3.63, 3.8) is 0 Å². The third kappa shape index (κ3) is 6.30. The largest absolute Gasteiger partial charge is 0.463 e. The second-order valence-electron chi connectivity index (χ2n) is 11.8. The van der Waals surface area contributed by atoms with Crippen LogP contribution in [-0.2, 0) is 17.8 Å². The first-order chi connectivity index (χ1) is 21.4. The van der Waals surface area contributed by atoms with Gasteiger partial charge in [0, 0.05) is 61.4 Å². The van der Waals surface area contributed by atoms with Gasteiger partial charge >= 0.3 is 6.01 Å². The zero-order valence-electron chi connectivity index (χ0n) is 25.0. The normalized spacial score (nSPS) is 20.7. The number of hydrogen-bond acceptors (Lipinski definition) is 8. The molecule has 230 valence electrons. The molecular weight excluding hydrogens is 581 g/mol. The molecule has 2 aromatic carbocycles. The summed E-state index contributed by atoms with van der Waals surface area (Å²) < 4.78 is 19.0. The Hall–Kier alpha value is -3.94. The third-order valence-corrected chi connectivity index (χ3v) is 9.19. The average molecular weight is 618 g/mol. The van der Waals surface area contributed by atoms with E-state index in [0.29, 0.717) is 44.7 Å². The van der Waals surface area contributed by atoms with E-state index in [1.54, 1.807) is 4.90 Å². The number of aromatic nitrogens is 2. The summed E-state index contributed by atoms with van der Waals surface area (Å²) in [7, 11) is 2.12. The monoisotopic (exact) mass is 617 g/mol. The molecular formula is C33H37ClFN7O2. The molecule has 0 radical (unpaired) electrons. The molecule has 0 bridgehead atoms. The van der Waals surface area contributed by atoms with Crippen LogP contribution in [-0.4, -0.2) is 91.3 Å². The smallest absolute Gasteiger partial charge is 0.318 e. The predicted molar refractivity (Wildman–Crippen MR) is 170 cm³/mol. The standard InChI is InChI=1S/C33H37ClFN7O2/c1-39-15-11-23(19-39)22-44-33-37-28-21-40(29-8-3-6-24-5-2-7-27(34)31(24)29)16-12-26(28)32(38-33)41-17-18-42(25(20-41)10-14-36)30(43)9-4-13-35/h2-9,23,25H,10-13,15-22H2,1H3/b9-4+/t23?,25-/m0/s1. The van der Waals surface area contributed by atoms with E-state index in [9.17, 15) is 14.4 Å². The molecule has 0 saturated carbocycles. The Labute approximate surface area is 262 Å². The molecule has 3 aliphatic rings. The molecule has 44 heavy (non-hydrogen) atoms. The van der Waals surface area contributed by atoms with Gasteiger partial charge in [0.15, 0.2) is 0 Å². The highest BCUT2D eigenvalue weighted by molar-refractivity contribution is 6.36. The summed E-state index contributed by atoms with van der Waals surface area (Å²) in [6.45, 7) is 4.60. The summed E-state index contributed by atoms with van der Waals surface area (Å²) in [5.41, 5.74) is 3.04. The quantitative estimate of drug-likeness (QED) is 0.338. The van der Waals surface area contributed by atoms with E-state index >= 15 is 0 Å². The maximum absolute atomic E-state index is 12.8. The van der Waals surface area contributed by atoms with E-state index in [4.69, 9.17) is 26.3 Å². The number of fused-ring (bicyclic) bond motifs is 2.